The first-order valence-electron chi connectivity index (χ1n) is 6.11. The van der Waals surface area contributed by atoms with Gasteiger partial charge in [-0.05, 0) is 35.9 Å². The van der Waals surface area contributed by atoms with E-state index in [1.165, 1.54) is 25.3 Å². The zero-order valence-corrected chi connectivity index (χ0v) is 12.9. The third-order valence-electron chi connectivity index (χ3n) is 2.85. The molecule has 0 atom stereocenters. The molecule has 0 aliphatic carbocycles. The molecular weight excluding hydrogens is 312 g/mol. The number of sulfonamides is 1. The number of nitrogens with two attached hydrogens (primary N) is 1. The number of ether oxygens (including phenoxy) is 1. The van der Waals surface area contributed by atoms with Gasteiger partial charge in [0.2, 0.25) is 0 Å². The van der Waals surface area contributed by atoms with E-state index in [0.29, 0.717) is 16.5 Å². The summed E-state index contributed by atoms with van der Waals surface area (Å²) in [6.07, 6.45) is 0. The maximum atomic E-state index is 12.3. The molecule has 0 amide bonds. The van der Waals surface area contributed by atoms with Crippen LogP contribution in [0.4, 0.5) is 5.69 Å². The summed E-state index contributed by atoms with van der Waals surface area (Å²) in [6.45, 7) is 0.276. The van der Waals surface area contributed by atoms with Crippen LogP contribution in [0.2, 0.25) is 5.02 Å². The average molecular weight is 327 g/mol. The van der Waals surface area contributed by atoms with Crippen LogP contribution in [0.5, 0.6) is 5.75 Å². The van der Waals surface area contributed by atoms with Gasteiger partial charge in [0.15, 0.2) is 0 Å². The van der Waals surface area contributed by atoms with E-state index in [4.69, 9.17) is 22.1 Å². The van der Waals surface area contributed by atoms with Crippen molar-refractivity contribution in [2.24, 2.45) is 5.73 Å². The van der Waals surface area contributed by atoms with Crippen LogP contribution in [0.3, 0.4) is 0 Å². The minimum atomic E-state index is -3.69. The number of anilines is 1. The van der Waals surface area contributed by atoms with E-state index in [-0.39, 0.29) is 11.4 Å². The summed E-state index contributed by atoms with van der Waals surface area (Å²) in [7, 11) is -2.20. The van der Waals surface area contributed by atoms with E-state index in [1.54, 1.807) is 24.3 Å². The fourth-order valence-corrected chi connectivity index (χ4v) is 3.16. The third-order valence-corrected chi connectivity index (χ3v) is 4.52. The molecule has 0 saturated carbocycles. The summed E-state index contributed by atoms with van der Waals surface area (Å²) in [6, 6.07) is 11.1. The maximum absolute atomic E-state index is 12.3. The molecule has 5 nitrogen and oxygen atoms in total. The lowest BCUT2D eigenvalue weighted by Crippen LogP contribution is -2.13. The highest BCUT2D eigenvalue weighted by Crippen LogP contribution is 2.28. The van der Waals surface area contributed by atoms with Gasteiger partial charge in [-0.15, -0.1) is 0 Å². The second-order valence-electron chi connectivity index (χ2n) is 4.31. The molecule has 0 heterocycles. The molecule has 2 aromatic rings. The Morgan fingerprint density at radius 2 is 2.00 bits per heavy atom. The normalized spacial score (nSPS) is 11.2. The van der Waals surface area contributed by atoms with E-state index in [9.17, 15) is 8.42 Å². The van der Waals surface area contributed by atoms with Crippen molar-refractivity contribution in [2.45, 2.75) is 11.4 Å². The van der Waals surface area contributed by atoms with Crippen LogP contribution in [-0.2, 0) is 16.6 Å². The summed E-state index contributed by atoms with van der Waals surface area (Å²) < 4.78 is 32.1. The summed E-state index contributed by atoms with van der Waals surface area (Å²) in [5.74, 6) is 0.477. The predicted octanol–water partition coefficient (Wildman–Crippen LogP) is 2.61. The fraction of sp³-hybridized carbons (Fsp3) is 0.143. The molecule has 0 radical (unpaired) electrons. The number of benzene rings is 2. The second kappa shape index (κ2) is 6.34. The van der Waals surface area contributed by atoms with E-state index >= 15 is 0 Å². The summed E-state index contributed by atoms with van der Waals surface area (Å²) in [5, 5.41) is 0.327. The molecule has 2 rings (SSSR count). The van der Waals surface area contributed by atoms with Crippen LogP contribution in [0.15, 0.2) is 47.4 Å². The molecule has 21 heavy (non-hydrogen) atoms. The van der Waals surface area contributed by atoms with Gasteiger partial charge in [0.1, 0.15) is 5.75 Å². The highest BCUT2D eigenvalue weighted by atomic mass is 35.5. The molecule has 2 aromatic carbocycles. The Labute approximate surface area is 128 Å². The Morgan fingerprint density at radius 1 is 1.24 bits per heavy atom. The van der Waals surface area contributed by atoms with Gasteiger partial charge in [-0.25, -0.2) is 8.42 Å². The molecule has 0 unspecified atom stereocenters. The van der Waals surface area contributed by atoms with E-state index < -0.39 is 10.0 Å². The van der Waals surface area contributed by atoms with Crippen LogP contribution < -0.4 is 15.2 Å². The van der Waals surface area contributed by atoms with Crippen LogP contribution >= 0.6 is 11.6 Å². The minimum absolute atomic E-state index is 0.150. The smallest absolute Gasteiger partial charge is 0.261 e. The van der Waals surface area contributed by atoms with Gasteiger partial charge in [-0.2, -0.15) is 0 Å². The van der Waals surface area contributed by atoms with E-state index in [1.807, 2.05) is 0 Å². The van der Waals surface area contributed by atoms with Gasteiger partial charge in [-0.3, -0.25) is 4.72 Å². The molecular formula is C14H15ClN2O3S. The van der Waals surface area contributed by atoms with Gasteiger partial charge in [0.05, 0.1) is 22.7 Å². The minimum Gasteiger partial charge on any atom is -0.495 e. The van der Waals surface area contributed by atoms with Gasteiger partial charge < -0.3 is 10.5 Å². The zero-order valence-electron chi connectivity index (χ0n) is 11.3. The van der Waals surface area contributed by atoms with Gasteiger partial charge in [0, 0.05) is 6.54 Å². The fourth-order valence-electron chi connectivity index (χ4n) is 1.78. The first-order chi connectivity index (χ1) is 9.96. The number of methoxy groups -OCH3 is 1. The highest BCUT2D eigenvalue weighted by molar-refractivity contribution is 7.92. The molecule has 3 N–H and O–H groups in total. The average Bonchev–Trinajstić information content (AvgIpc) is 2.47. The zero-order chi connectivity index (χ0) is 15.5. The van der Waals surface area contributed by atoms with Gasteiger partial charge in [0.25, 0.3) is 10.0 Å². The molecule has 7 heteroatoms. The third kappa shape index (κ3) is 3.66. The lowest BCUT2D eigenvalue weighted by molar-refractivity contribution is 0.415. The van der Waals surface area contributed by atoms with Crippen molar-refractivity contribution in [1.29, 1.82) is 0 Å². The Bertz CT molecular complexity index is 748. The number of hydrogen-bond acceptors (Lipinski definition) is 4. The van der Waals surface area contributed by atoms with Crippen molar-refractivity contribution in [1.82, 2.24) is 0 Å². The van der Waals surface area contributed by atoms with Crippen LogP contribution in [0.1, 0.15) is 5.56 Å². The maximum Gasteiger partial charge on any atom is 0.261 e. The van der Waals surface area contributed by atoms with Crippen molar-refractivity contribution in [3.63, 3.8) is 0 Å². The topological polar surface area (TPSA) is 81.4 Å². The SMILES string of the molecule is COc1ccc(NS(=O)(=O)c2cccc(CN)c2)cc1Cl. The largest absolute Gasteiger partial charge is 0.495 e. The molecule has 112 valence electrons. The Balaban J connectivity index is 2.30. The van der Waals surface area contributed by atoms with Crippen LogP contribution in [-0.4, -0.2) is 15.5 Å². The van der Waals surface area contributed by atoms with Crippen molar-refractivity contribution >= 4 is 27.3 Å². The molecule has 0 aromatic heterocycles. The number of nitrogens with one attached hydrogen (secondary N) is 1. The lowest BCUT2D eigenvalue weighted by atomic mass is 10.2. The molecule has 0 aliphatic heterocycles. The van der Waals surface area contributed by atoms with Crippen LogP contribution in [0.25, 0.3) is 0 Å². The Kier molecular flexibility index (Phi) is 4.72. The lowest BCUT2D eigenvalue weighted by Gasteiger charge is -2.10. The first kappa shape index (κ1) is 15.6. The molecule has 0 aliphatic rings. The molecule has 0 spiro atoms. The summed E-state index contributed by atoms with van der Waals surface area (Å²) in [5.41, 5.74) is 6.62. The van der Waals surface area contributed by atoms with Crippen molar-refractivity contribution in [3.05, 3.63) is 53.1 Å². The standard InChI is InChI=1S/C14H15ClN2O3S/c1-20-14-6-5-11(8-13(14)15)17-21(18,19)12-4-2-3-10(7-12)9-16/h2-8,17H,9,16H2,1H3. The predicted molar refractivity (Wildman–Crippen MR) is 83.1 cm³/mol. The number of halogens is 1. The summed E-state index contributed by atoms with van der Waals surface area (Å²) >= 11 is 5.98. The van der Waals surface area contributed by atoms with Gasteiger partial charge >= 0.3 is 0 Å². The molecule has 0 saturated heterocycles. The second-order valence-corrected chi connectivity index (χ2v) is 6.40. The first-order valence-corrected chi connectivity index (χ1v) is 7.98. The summed E-state index contributed by atoms with van der Waals surface area (Å²) in [4.78, 5) is 0.150. The molecule has 0 bridgehead atoms. The highest BCUT2D eigenvalue weighted by Gasteiger charge is 2.15. The monoisotopic (exact) mass is 326 g/mol. The number of rotatable bonds is 5. The Hall–Kier alpha value is -1.76. The quantitative estimate of drug-likeness (QED) is 0.885. The van der Waals surface area contributed by atoms with Crippen molar-refractivity contribution < 1.29 is 13.2 Å². The molecule has 0 fully saturated rings. The number of hydrogen-bond donors (Lipinski definition) is 2. The van der Waals surface area contributed by atoms with Crippen molar-refractivity contribution in [3.8, 4) is 5.75 Å². The van der Waals surface area contributed by atoms with Crippen molar-refractivity contribution in [2.75, 3.05) is 11.8 Å². The van der Waals surface area contributed by atoms with Crippen LogP contribution in [0, 0.1) is 0 Å². The van der Waals surface area contributed by atoms with E-state index in [0.717, 1.165) is 5.56 Å². The Morgan fingerprint density at radius 3 is 2.62 bits per heavy atom. The van der Waals surface area contributed by atoms with E-state index in [2.05, 4.69) is 4.72 Å². The van der Waals surface area contributed by atoms with Gasteiger partial charge in [-0.1, -0.05) is 23.7 Å².